The molecule has 16 heavy (non-hydrogen) atoms. The van der Waals surface area contributed by atoms with Gasteiger partial charge in [-0.05, 0) is 34.2 Å². The molecule has 0 fully saturated rings. The first-order chi connectivity index (χ1) is 7.57. The van der Waals surface area contributed by atoms with Crippen molar-refractivity contribution in [3.8, 4) is 11.1 Å². The molecule has 2 rings (SSSR count). The minimum Gasteiger partial charge on any atom is -0.0622 e. The van der Waals surface area contributed by atoms with Gasteiger partial charge in [0.1, 0.15) is 0 Å². The highest BCUT2D eigenvalue weighted by Crippen LogP contribution is 2.26. The van der Waals surface area contributed by atoms with Crippen LogP contribution in [-0.4, -0.2) is 0 Å². The fourth-order valence-corrected chi connectivity index (χ4v) is 1.70. The molecule has 2 aromatic carbocycles. The van der Waals surface area contributed by atoms with Crippen molar-refractivity contribution in [1.82, 2.24) is 0 Å². The molecule has 0 saturated carbocycles. The van der Waals surface area contributed by atoms with E-state index in [0.29, 0.717) is 0 Å². The maximum atomic E-state index is 3.23. The first-order valence-corrected chi connectivity index (χ1v) is 5.64. The molecule has 0 heteroatoms. The quantitative estimate of drug-likeness (QED) is 0.651. The number of hydrogen-bond acceptors (Lipinski definition) is 0. The molecule has 0 aliphatic rings. The Morgan fingerprint density at radius 3 is 2.19 bits per heavy atom. The molecule has 0 aromatic heterocycles. The van der Waals surface area contributed by atoms with Gasteiger partial charge in [-0.2, -0.15) is 0 Å². The van der Waals surface area contributed by atoms with Crippen LogP contribution in [0.4, 0.5) is 0 Å². The topological polar surface area (TPSA) is 0 Å². The summed E-state index contributed by atoms with van der Waals surface area (Å²) in [6.07, 6.45) is 0. The van der Waals surface area contributed by atoms with Crippen LogP contribution in [0.15, 0.2) is 48.5 Å². The van der Waals surface area contributed by atoms with Gasteiger partial charge in [-0.1, -0.05) is 63.2 Å². The van der Waals surface area contributed by atoms with E-state index >= 15 is 0 Å². The minimum absolute atomic E-state index is 0.182. The van der Waals surface area contributed by atoms with Crippen molar-refractivity contribution in [3.63, 3.8) is 0 Å². The normalized spacial score (nSPS) is 11.4. The van der Waals surface area contributed by atoms with Gasteiger partial charge in [0, 0.05) is 0 Å². The van der Waals surface area contributed by atoms with Crippen molar-refractivity contribution >= 4 is 0 Å². The molecule has 2 aromatic rings. The SMILES string of the molecule is CC(C)(C)c1c[c]cc(-c2ccccc2)c1. The largest absolute Gasteiger partial charge is 0.0622 e. The summed E-state index contributed by atoms with van der Waals surface area (Å²) in [5.74, 6) is 0. The third-order valence-corrected chi connectivity index (χ3v) is 2.76. The third-order valence-electron chi connectivity index (χ3n) is 2.76. The number of rotatable bonds is 1. The van der Waals surface area contributed by atoms with Crippen molar-refractivity contribution in [3.05, 3.63) is 60.2 Å². The lowest BCUT2D eigenvalue weighted by Crippen LogP contribution is -2.10. The molecule has 0 unspecified atom stereocenters. The molecule has 0 bridgehead atoms. The molecule has 0 spiro atoms. The summed E-state index contributed by atoms with van der Waals surface area (Å²) in [7, 11) is 0. The van der Waals surface area contributed by atoms with Gasteiger partial charge in [0.15, 0.2) is 0 Å². The molecular formula is C16H17. The van der Waals surface area contributed by atoms with Crippen molar-refractivity contribution in [2.45, 2.75) is 26.2 Å². The molecule has 0 atom stereocenters. The average Bonchev–Trinajstić information content (AvgIpc) is 2.29. The van der Waals surface area contributed by atoms with Gasteiger partial charge >= 0.3 is 0 Å². The fraction of sp³-hybridized carbons (Fsp3) is 0.250. The fourth-order valence-electron chi connectivity index (χ4n) is 1.70. The summed E-state index contributed by atoms with van der Waals surface area (Å²) in [4.78, 5) is 0. The van der Waals surface area contributed by atoms with Crippen molar-refractivity contribution < 1.29 is 0 Å². The van der Waals surface area contributed by atoms with Gasteiger partial charge in [-0.15, -0.1) is 0 Å². The van der Waals surface area contributed by atoms with Crippen molar-refractivity contribution in [1.29, 1.82) is 0 Å². The molecule has 0 heterocycles. The second kappa shape index (κ2) is 4.13. The first-order valence-electron chi connectivity index (χ1n) is 5.64. The molecule has 0 N–H and O–H groups in total. The lowest BCUT2D eigenvalue weighted by molar-refractivity contribution is 0.590. The van der Waals surface area contributed by atoms with E-state index in [0.717, 1.165) is 0 Å². The van der Waals surface area contributed by atoms with Gasteiger partial charge in [0.05, 0.1) is 0 Å². The minimum atomic E-state index is 0.182. The Labute approximate surface area is 97.9 Å². The molecule has 0 nitrogen and oxygen atoms in total. The highest BCUT2D eigenvalue weighted by atomic mass is 14.2. The summed E-state index contributed by atoms with van der Waals surface area (Å²) in [6.45, 7) is 6.68. The van der Waals surface area contributed by atoms with Crippen LogP contribution in [0.2, 0.25) is 0 Å². The smallest absolute Gasteiger partial charge is 0.0131 e. The highest BCUT2D eigenvalue weighted by molar-refractivity contribution is 5.64. The van der Waals surface area contributed by atoms with Crippen LogP contribution in [0.25, 0.3) is 11.1 Å². The summed E-state index contributed by atoms with van der Waals surface area (Å²) < 4.78 is 0. The van der Waals surface area contributed by atoms with Gasteiger partial charge in [0.2, 0.25) is 0 Å². The zero-order valence-electron chi connectivity index (χ0n) is 10.1. The molecular weight excluding hydrogens is 192 g/mol. The van der Waals surface area contributed by atoms with E-state index in [4.69, 9.17) is 0 Å². The van der Waals surface area contributed by atoms with Gasteiger partial charge in [-0.25, -0.2) is 0 Å². The summed E-state index contributed by atoms with van der Waals surface area (Å²) in [6, 6.07) is 20.1. The van der Waals surface area contributed by atoms with Gasteiger partial charge in [0.25, 0.3) is 0 Å². The van der Waals surface area contributed by atoms with Crippen LogP contribution in [0, 0.1) is 6.07 Å². The van der Waals surface area contributed by atoms with E-state index in [9.17, 15) is 0 Å². The van der Waals surface area contributed by atoms with Gasteiger partial charge in [-0.3, -0.25) is 0 Å². The van der Waals surface area contributed by atoms with Crippen LogP contribution in [0.1, 0.15) is 26.3 Å². The lowest BCUT2D eigenvalue weighted by Gasteiger charge is -2.19. The Balaban J connectivity index is 2.45. The van der Waals surface area contributed by atoms with E-state index in [-0.39, 0.29) is 5.41 Å². The van der Waals surface area contributed by atoms with E-state index in [1.165, 1.54) is 16.7 Å². The molecule has 0 aliphatic heterocycles. The van der Waals surface area contributed by atoms with E-state index in [1.807, 2.05) is 12.1 Å². The van der Waals surface area contributed by atoms with Crippen LogP contribution in [0.3, 0.4) is 0 Å². The van der Waals surface area contributed by atoms with Crippen molar-refractivity contribution in [2.75, 3.05) is 0 Å². The molecule has 0 aliphatic carbocycles. The Bertz CT molecular complexity index is 461. The molecule has 0 amide bonds. The lowest BCUT2D eigenvalue weighted by atomic mass is 9.85. The first kappa shape index (κ1) is 10.9. The Hall–Kier alpha value is -1.56. The van der Waals surface area contributed by atoms with Gasteiger partial charge < -0.3 is 0 Å². The number of hydrogen-bond donors (Lipinski definition) is 0. The Morgan fingerprint density at radius 1 is 0.875 bits per heavy atom. The molecule has 81 valence electrons. The number of benzene rings is 2. The summed E-state index contributed by atoms with van der Waals surface area (Å²) >= 11 is 0. The van der Waals surface area contributed by atoms with Crippen LogP contribution in [-0.2, 0) is 5.41 Å². The maximum Gasteiger partial charge on any atom is -0.0131 e. The molecule has 1 radical (unpaired) electrons. The predicted molar refractivity (Wildman–Crippen MR) is 69.4 cm³/mol. The Morgan fingerprint density at radius 2 is 1.56 bits per heavy atom. The average molecular weight is 209 g/mol. The van der Waals surface area contributed by atoms with E-state index < -0.39 is 0 Å². The van der Waals surface area contributed by atoms with E-state index in [1.54, 1.807) is 0 Å². The highest BCUT2D eigenvalue weighted by Gasteiger charge is 2.13. The van der Waals surface area contributed by atoms with Crippen LogP contribution >= 0.6 is 0 Å². The maximum absolute atomic E-state index is 3.23. The summed E-state index contributed by atoms with van der Waals surface area (Å²) in [5, 5.41) is 0. The monoisotopic (exact) mass is 209 g/mol. The summed E-state index contributed by atoms with van der Waals surface area (Å²) in [5.41, 5.74) is 4.01. The predicted octanol–water partition coefficient (Wildman–Crippen LogP) is 4.45. The third kappa shape index (κ3) is 2.33. The van der Waals surface area contributed by atoms with Crippen LogP contribution < -0.4 is 0 Å². The molecule has 0 saturated heterocycles. The second-order valence-corrected chi connectivity index (χ2v) is 5.13. The second-order valence-electron chi connectivity index (χ2n) is 5.13. The van der Waals surface area contributed by atoms with E-state index in [2.05, 4.69) is 63.2 Å². The Kier molecular flexibility index (Phi) is 2.82. The zero-order valence-corrected chi connectivity index (χ0v) is 10.1. The zero-order chi connectivity index (χ0) is 11.6. The van der Waals surface area contributed by atoms with Crippen LogP contribution in [0.5, 0.6) is 0 Å². The van der Waals surface area contributed by atoms with Crippen molar-refractivity contribution in [2.24, 2.45) is 0 Å². The standard InChI is InChI=1S/C16H17/c1-16(2,3)15-11-7-10-14(12-15)13-8-5-4-6-9-13/h4-6,8-12H,1-3H3.